The smallest absolute Gasteiger partial charge is 0.231 e. The molecule has 2 saturated carbocycles. The van der Waals surface area contributed by atoms with Gasteiger partial charge in [-0.05, 0) is 30.1 Å². The second-order valence-corrected chi connectivity index (χ2v) is 5.01. The minimum absolute atomic E-state index is 0.0234. The predicted molar refractivity (Wildman–Crippen MR) is 47.8 cm³/mol. The van der Waals surface area contributed by atoms with Gasteiger partial charge in [0, 0.05) is 0 Å². The van der Waals surface area contributed by atoms with Crippen LogP contribution in [0.25, 0.3) is 0 Å². The van der Waals surface area contributed by atoms with Crippen LogP contribution in [0.1, 0.15) is 6.42 Å². The Morgan fingerprint density at radius 2 is 1.50 bits per heavy atom. The summed E-state index contributed by atoms with van der Waals surface area (Å²) in [5.41, 5.74) is 0. The van der Waals surface area contributed by atoms with Gasteiger partial charge in [0.15, 0.2) is 0 Å². The van der Waals surface area contributed by atoms with Gasteiger partial charge < -0.3 is 0 Å². The maximum atomic E-state index is 11.6. The third kappa shape index (κ3) is 0.606. The fourth-order valence-electron chi connectivity index (χ4n) is 3.88. The van der Waals surface area contributed by atoms with Crippen molar-refractivity contribution in [3.8, 4) is 0 Å². The summed E-state index contributed by atoms with van der Waals surface area (Å²) in [6, 6.07) is 0. The van der Waals surface area contributed by atoms with Crippen molar-refractivity contribution in [2.45, 2.75) is 6.42 Å². The Bertz CT molecular complexity index is 353. The number of allylic oxidation sites excluding steroid dienone is 2. The lowest BCUT2D eigenvalue weighted by Gasteiger charge is -2.37. The molecule has 6 atom stereocenters. The zero-order valence-corrected chi connectivity index (χ0v) is 7.64. The van der Waals surface area contributed by atoms with Crippen LogP contribution in [0.4, 0.5) is 0 Å². The molecule has 0 aromatic carbocycles. The number of imide groups is 1. The molecular formula is C11H11NO2. The van der Waals surface area contributed by atoms with E-state index in [9.17, 15) is 9.59 Å². The van der Waals surface area contributed by atoms with Gasteiger partial charge in [0.05, 0.1) is 11.8 Å². The molecule has 5 aliphatic rings. The van der Waals surface area contributed by atoms with E-state index in [4.69, 9.17) is 0 Å². The fraction of sp³-hybridized carbons (Fsp3) is 0.636. The summed E-state index contributed by atoms with van der Waals surface area (Å²) in [6.07, 6.45) is 5.59. The monoisotopic (exact) mass is 189 g/mol. The Hall–Kier alpha value is -1.12. The van der Waals surface area contributed by atoms with Gasteiger partial charge in [0.25, 0.3) is 0 Å². The summed E-state index contributed by atoms with van der Waals surface area (Å²) in [5.74, 6) is 2.05. The summed E-state index contributed by atoms with van der Waals surface area (Å²) >= 11 is 0. The first kappa shape index (κ1) is 7.21. The normalized spacial score (nSPS) is 56.9. The number of hydrogen-bond donors (Lipinski definition) is 1. The van der Waals surface area contributed by atoms with E-state index < -0.39 is 0 Å². The minimum Gasteiger partial charge on any atom is -0.296 e. The van der Waals surface area contributed by atoms with Crippen molar-refractivity contribution in [3.63, 3.8) is 0 Å². The third-order valence-electron chi connectivity index (χ3n) is 4.50. The highest BCUT2D eigenvalue weighted by Crippen LogP contribution is 2.64. The molecule has 0 radical (unpaired) electrons. The van der Waals surface area contributed by atoms with Crippen LogP contribution in [0.5, 0.6) is 0 Å². The van der Waals surface area contributed by atoms with E-state index in [2.05, 4.69) is 17.5 Å². The Morgan fingerprint density at radius 3 is 2.00 bits per heavy atom. The van der Waals surface area contributed by atoms with Gasteiger partial charge in [-0.15, -0.1) is 0 Å². The fourth-order valence-corrected chi connectivity index (χ4v) is 3.88. The molecule has 3 heteroatoms. The number of rotatable bonds is 0. The average molecular weight is 189 g/mol. The molecule has 1 aliphatic heterocycles. The maximum Gasteiger partial charge on any atom is 0.231 e. The Kier molecular flexibility index (Phi) is 1.00. The van der Waals surface area contributed by atoms with Crippen molar-refractivity contribution >= 4 is 11.8 Å². The molecule has 1 N–H and O–H groups in total. The van der Waals surface area contributed by atoms with Crippen LogP contribution in [0.15, 0.2) is 12.2 Å². The highest BCUT2D eigenvalue weighted by Gasteiger charge is 2.65. The maximum absolute atomic E-state index is 11.6. The van der Waals surface area contributed by atoms with Gasteiger partial charge >= 0.3 is 0 Å². The Labute approximate surface area is 81.5 Å². The van der Waals surface area contributed by atoms with Crippen LogP contribution in [-0.4, -0.2) is 11.8 Å². The van der Waals surface area contributed by atoms with Crippen LogP contribution in [-0.2, 0) is 9.59 Å². The number of amides is 2. The molecule has 4 aliphatic carbocycles. The van der Waals surface area contributed by atoms with E-state index in [-0.39, 0.29) is 23.7 Å². The zero-order valence-electron chi connectivity index (χ0n) is 7.64. The molecular weight excluding hydrogens is 178 g/mol. The SMILES string of the molecule is O=C1NC(=O)C2C1[C@@H]1C=C[C@H]2C2CC21. The molecule has 0 aromatic rings. The summed E-state index contributed by atoms with van der Waals surface area (Å²) < 4.78 is 0. The lowest BCUT2D eigenvalue weighted by atomic mass is 9.63. The van der Waals surface area contributed by atoms with E-state index >= 15 is 0 Å². The molecule has 14 heavy (non-hydrogen) atoms. The standard InChI is InChI=1S/C11H11NO2/c13-10-8-4-1-2-5(7-3-6(4)7)9(8)11(14)12-10/h1-2,4-9H,3H2,(H,12,13,14)/t4-,5+,6?,7?,8?,9?. The largest absolute Gasteiger partial charge is 0.296 e. The molecule has 2 amide bonds. The lowest BCUT2D eigenvalue weighted by Crippen LogP contribution is -2.40. The van der Waals surface area contributed by atoms with Gasteiger partial charge in [-0.2, -0.15) is 0 Å². The van der Waals surface area contributed by atoms with Gasteiger partial charge in [0.1, 0.15) is 0 Å². The number of hydrogen-bond acceptors (Lipinski definition) is 2. The lowest BCUT2D eigenvalue weighted by molar-refractivity contribution is -0.126. The Balaban J connectivity index is 1.88. The first-order chi connectivity index (χ1) is 6.77. The molecule has 1 saturated heterocycles. The molecule has 5 rings (SSSR count). The first-order valence-corrected chi connectivity index (χ1v) is 5.30. The van der Waals surface area contributed by atoms with Crippen LogP contribution in [0.2, 0.25) is 0 Å². The van der Waals surface area contributed by atoms with E-state index in [1.54, 1.807) is 0 Å². The zero-order chi connectivity index (χ0) is 9.45. The van der Waals surface area contributed by atoms with E-state index in [0.717, 1.165) is 0 Å². The van der Waals surface area contributed by atoms with Gasteiger partial charge in [0.2, 0.25) is 11.8 Å². The molecule has 3 fully saturated rings. The molecule has 4 unspecified atom stereocenters. The minimum atomic E-state index is -0.0266. The summed E-state index contributed by atoms with van der Waals surface area (Å²) in [5, 5.41) is 2.48. The van der Waals surface area contributed by atoms with E-state index in [0.29, 0.717) is 23.7 Å². The number of nitrogens with one attached hydrogen (secondary N) is 1. The van der Waals surface area contributed by atoms with Gasteiger partial charge in [-0.1, -0.05) is 12.2 Å². The second kappa shape index (κ2) is 1.95. The number of carbonyl (C=O) groups excluding carboxylic acids is 2. The molecule has 2 bridgehead atoms. The second-order valence-electron chi connectivity index (χ2n) is 5.01. The van der Waals surface area contributed by atoms with Crippen LogP contribution >= 0.6 is 0 Å². The van der Waals surface area contributed by atoms with Gasteiger partial charge in [-0.3, -0.25) is 14.9 Å². The van der Waals surface area contributed by atoms with Crippen molar-refractivity contribution in [3.05, 3.63) is 12.2 Å². The van der Waals surface area contributed by atoms with Crippen molar-refractivity contribution < 1.29 is 9.59 Å². The highest BCUT2D eigenvalue weighted by molar-refractivity contribution is 6.06. The summed E-state index contributed by atoms with van der Waals surface area (Å²) in [4.78, 5) is 23.2. The van der Waals surface area contributed by atoms with Crippen LogP contribution in [0.3, 0.4) is 0 Å². The third-order valence-corrected chi connectivity index (χ3v) is 4.50. The molecule has 72 valence electrons. The Morgan fingerprint density at radius 1 is 1.00 bits per heavy atom. The number of carbonyl (C=O) groups is 2. The van der Waals surface area contributed by atoms with E-state index in [1.807, 2.05) is 0 Å². The van der Waals surface area contributed by atoms with Crippen molar-refractivity contribution in [1.82, 2.24) is 5.32 Å². The molecule has 1 heterocycles. The topological polar surface area (TPSA) is 46.2 Å². The van der Waals surface area contributed by atoms with Crippen LogP contribution in [0, 0.1) is 35.5 Å². The van der Waals surface area contributed by atoms with Crippen molar-refractivity contribution in [2.24, 2.45) is 35.5 Å². The van der Waals surface area contributed by atoms with Gasteiger partial charge in [-0.25, -0.2) is 0 Å². The highest BCUT2D eigenvalue weighted by atomic mass is 16.2. The van der Waals surface area contributed by atoms with Crippen LogP contribution < -0.4 is 5.32 Å². The molecule has 0 aromatic heterocycles. The summed E-state index contributed by atoms with van der Waals surface area (Å²) in [7, 11) is 0. The molecule has 0 spiro atoms. The van der Waals surface area contributed by atoms with E-state index in [1.165, 1.54) is 6.42 Å². The van der Waals surface area contributed by atoms with Crippen molar-refractivity contribution in [2.75, 3.05) is 0 Å². The predicted octanol–water partition coefficient (Wildman–Crippen LogP) is 0.327. The average Bonchev–Trinajstić information content (AvgIpc) is 2.92. The van der Waals surface area contributed by atoms with Crippen molar-refractivity contribution in [1.29, 1.82) is 0 Å². The summed E-state index contributed by atoms with van der Waals surface area (Å²) in [6.45, 7) is 0. The molecule has 3 nitrogen and oxygen atoms in total. The first-order valence-electron chi connectivity index (χ1n) is 5.30. The quantitative estimate of drug-likeness (QED) is 0.441.